The third-order valence-electron chi connectivity index (χ3n) is 3.56. The lowest BCUT2D eigenvalue weighted by molar-refractivity contribution is 0.721. The topological polar surface area (TPSA) is 95.8 Å². The summed E-state index contributed by atoms with van der Waals surface area (Å²) in [6.07, 6.45) is 3.05. The van der Waals surface area contributed by atoms with Gasteiger partial charge in [-0.1, -0.05) is 6.92 Å². The van der Waals surface area contributed by atoms with Crippen molar-refractivity contribution in [3.8, 4) is 0 Å². The fourth-order valence-electron chi connectivity index (χ4n) is 2.27. The number of nitrogen functional groups attached to an aromatic ring is 1. The Bertz CT molecular complexity index is 564. The van der Waals surface area contributed by atoms with Gasteiger partial charge < -0.3 is 4.90 Å². The van der Waals surface area contributed by atoms with Crippen LogP contribution in [0.2, 0.25) is 0 Å². The summed E-state index contributed by atoms with van der Waals surface area (Å²) in [5, 5.41) is 7.77. The van der Waals surface area contributed by atoms with E-state index < -0.39 is 0 Å². The number of hydrogen-bond donors (Lipinski definition) is 3. The molecule has 0 saturated heterocycles. The molecule has 3 rings (SSSR count). The molecule has 2 aromatic heterocycles. The third-order valence-corrected chi connectivity index (χ3v) is 3.56. The van der Waals surface area contributed by atoms with Gasteiger partial charge in [-0.05, 0) is 18.3 Å². The second-order valence-corrected chi connectivity index (χ2v) is 5.00. The van der Waals surface area contributed by atoms with Gasteiger partial charge >= 0.3 is 0 Å². The molecule has 7 heteroatoms. The number of rotatable bonds is 4. The first kappa shape index (κ1) is 11.2. The van der Waals surface area contributed by atoms with Gasteiger partial charge in [-0.2, -0.15) is 15.1 Å². The summed E-state index contributed by atoms with van der Waals surface area (Å²) in [5.74, 6) is 8.23. The SMILES string of the molecule is CC1CC1CN(C)c1nc(NN)nc2[nH]ncc12. The van der Waals surface area contributed by atoms with Gasteiger partial charge in [0.25, 0.3) is 0 Å². The molecule has 7 nitrogen and oxygen atoms in total. The molecule has 2 heterocycles. The molecular formula is C11H17N7. The number of H-pyrrole nitrogens is 1. The van der Waals surface area contributed by atoms with Gasteiger partial charge in [0, 0.05) is 13.6 Å². The molecule has 1 saturated carbocycles. The normalized spacial score (nSPS) is 22.2. The highest BCUT2D eigenvalue weighted by atomic mass is 15.3. The number of nitrogens with two attached hydrogens (primary N) is 1. The zero-order chi connectivity index (χ0) is 12.7. The minimum absolute atomic E-state index is 0.400. The lowest BCUT2D eigenvalue weighted by atomic mass is 10.3. The predicted molar refractivity (Wildman–Crippen MR) is 70.0 cm³/mol. The molecule has 1 fully saturated rings. The first-order chi connectivity index (χ1) is 8.69. The van der Waals surface area contributed by atoms with Crippen LogP contribution in [0.15, 0.2) is 6.20 Å². The van der Waals surface area contributed by atoms with Crippen LogP contribution in [0.4, 0.5) is 11.8 Å². The van der Waals surface area contributed by atoms with Crippen molar-refractivity contribution in [1.29, 1.82) is 0 Å². The number of anilines is 2. The molecule has 0 spiro atoms. The quantitative estimate of drug-likeness (QED) is 0.544. The average molecular weight is 247 g/mol. The van der Waals surface area contributed by atoms with Crippen molar-refractivity contribution in [2.75, 3.05) is 23.9 Å². The van der Waals surface area contributed by atoms with E-state index in [1.807, 2.05) is 7.05 Å². The Hall–Kier alpha value is -1.89. The number of aromatic nitrogens is 4. The maximum absolute atomic E-state index is 5.39. The van der Waals surface area contributed by atoms with E-state index in [1.54, 1.807) is 6.20 Å². The van der Waals surface area contributed by atoms with Crippen LogP contribution in [0.1, 0.15) is 13.3 Å². The summed E-state index contributed by atoms with van der Waals surface area (Å²) in [7, 11) is 2.04. The Morgan fingerprint density at radius 2 is 2.33 bits per heavy atom. The van der Waals surface area contributed by atoms with Gasteiger partial charge in [-0.25, -0.2) is 5.84 Å². The van der Waals surface area contributed by atoms with E-state index in [2.05, 4.69) is 37.4 Å². The van der Waals surface area contributed by atoms with Crippen molar-refractivity contribution in [1.82, 2.24) is 20.2 Å². The van der Waals surface area contributed by atoms with Crippen LogP contribution in [0.5, 0.6) is 0 Å². The molecule has 1 aliphatic carbocycles. The predicted octanol–water partition coefficient (Wildman–Crippen LogP) is 0.731. The Kier molecular flexibility index (Phi) is 2.55. The zero-order valence-electron chi connectivity index (χ0n) is 10.5. The Morgan fingerprint density at radius 1 is 1.56 bits per heavy atom. The van der Waals surface area contributed by atoms with Crippen LogP contribution in [0.25, 0.3) is 11.0 Å². The highest BCUT2D eigenvalue weighted by Gasteiger charge is 2.33. The molecule has 0 radical (unpaired) electrons. The van der Waals surface area contributed by atoms with Gasteiger partial charge in [-0.15, -0.1) is 0 Å². The molecule has 0 amide bonds. The highest BCUT2D eigenvalue weighted by Crippen LogP contribution is 2.39. The van der Waals surface area contributed by atoms with Crippen molar-refractivity contribution in [2.24, 2.45) is 17.7 Å². The number of fused-ring (bicyclic) bond motifs is 1. The van der Waals surface area contributed by atoms with Crippen molar-refractivity contribution < 1.29 is 0 Å². The lowest BCUT2D eigenvalue weighted by Gasteiger charge is -2.19. The number of nitrogens with zero attached hydrogens (tertiary/aromatic N) is 4. The maximum Gasteiger partial charge on any atom is 0.241 e. The summed E-state index contributed by atoms with van der Waals surface area (Å²) >= 11 is 0. The Labute approximate surface area is 105 Å². The summed E-state index contributed by atoms with van der Waals surface area (Å²) in [4.78, 5) is 10.8. The molecule has 1 aliphatic rings. The summed E-state index contributed by atoms with van der Waals surface area (Å²) < 4.78 is 0. The van der Waals surface area contributed by atoms with E-state index in [9.17, 15) is 0 Å². The number of nitrogens with one attached hydrogen (secondary N) is 2. The summed E-state index contributed by atoms with van der Waals surface area (Å²) in [5.41, 5.74) is 3.18. The van der Waals surface area contributed by atoms with Gasteiger partial charge in [0.05, 0.1) is 11.6 Å². The number of aromatic amines is 1. The minimum atomic E-state index is 0.400. The standard InChI is InChI=1S/C11H17N7/c1-6-3-7(6)5-18(2)10-8-4-13-17-9(8)14-11(15-10)16-12/h4,6-7H,3,5,12H2,1-2H3,(H2,13,14,15,16,17). The highest BCUT2D eigenvalue weighted by molar-refractivity contribution is 5.87. The molecule has 0 bridgehead atoms. The molecule has 0 aromatic carbocycles. The maximum atomic E-state index is 5.39. The van der Waals surface area contributed by atoms with Crippen molar-refractivity contribution in [3.63, 3.8) is 0 Å². The van der Waals surface area contributed by atoms with E-state index in [0.29, 0.717) is 11.6 Å². The van der Waals surface area contributed by atoms with Crippen molar-refractivity contribution in [3.05, 3.63) is 6.20 Å². The molecule has 0 aliphatic heterocycles. The van der Waals surface area contributed by atoms with Crippen LogP contribution in [0.3, 0.4) is 0 Å². The third kappa shape index (κ3) is 1.86. The van der Waals surface area contributed by atoms with E-state index in [0.717, 1.165) is 29.6 Å². The second-order valence-electron chi connectivity index (χ2n) is 5.00. The van der Waals surface area contributed by atoms with Crippen LogP contribution in [-0.2, 0) is 0 Å². The monoisotopic (exact) mass is 247 g/mol. The van der Waals surface area contributed by atoms with Crippen LogP contribution in [-0.4, -0.2) is 33.8 Å². The fraction of sp³-hybridized carbons (Fsp3) is 0.545. The van der Waals surface area contributed by atoms with Gasteiger partial charge in [0.15, 0.2) is 5.65 Å². The smallest absolute Gasteiger partial charge is 0.241 e. The Morgan fingerprint density at radius 3 is 3.00 bits per heavy atom. The molecular weight excluding hydrogens is 230 g/mol. The van der Waals surface area contributed by atoms with E-state index in [4.69, 9.17) is 5.84 Å². The molecule has 2 aromatic rings. The summed E-state index contributed by atoms with van der Waals surface area (Å²) in [6, 6.07) is 0. The first-order valence-electron chi connectivity index (χ1n) is 6.08. The van der Waals surface area contributed by atoms with Crippen LogP contribution >= 0.6 is 0 Å². The molecule has 2 atom stereocenters. The lowest BCUT2D eigenvalue weighted by Crippen LogP contribution is -2.23. The molecule has 96 valence electrons. The molecule has 4 N–H and O–H groups in total. The van der Waals surface area contributed by atoms with Crippen molar-refractivity contribution in [2.45, 2.75) is 13.3 Å². The van der Waals surface area contributed by atoms with Gasteiger partial charge in [0.2, 0.25) is 5.95 Å². The number of hydrazine groups is 1. The fourth-order valence-corrected chi connectivity index (χ4v) is 2.27. The van der Waals surface area contributed by atoms with Crippen molar-refractivity contribution >= 4 is 22.8 Å². The summed E-state index contributed by atoms with van der Waals surface area (Å²) in [6.45, 7) is 3.28. The van der Waals surface area contributed by atoms with Crippen LogP contribution in [0, 0.1) is 11.8 Å². The van der Waals surface area contributed by atoms with Gasteiger partial charge in [-0.3, -0.25) is 10.5 Å². The minimum Gasteiger partial charge on any atom is -0.359 e. The van der Waals surface area contributed by atoms with E-state index >= 15 is 0 Å². The molecule has 18 heavy (non-hydrogen) atoms. The van der Waals surface area contributed by atoms with Gasteiger partial charge in [0.1, 0.15) is 5.82 Å². The average Bonchev–Trinajstić information content (AvgIpc) is 2.89. The first-order valence-corrected chi connectivity index (χ1v) is 6.08. The van der Waals surface area contributed by atoms with E-state index in [-0.39, 0.29) is 0 Å². The van der Waals surface area contributed by atoms with E-state index in [1.165, 1.54) is 6.42 Å². The zero-order valence-corrected chi connectivity index (χ0v) is 10.5. The second kappa shape index (κ2) is 4.09. The van der Waals surface area contributed by atoms with Crippen LogP contribution < -0.4 is 16.2 Å². The number of hydrogen-bond acceptors (Lipinski definition) is 6. The molecule has 2 unspecified atom stereocenters. The largest absolute Gasteiger partial charge is 0.359 e. The Balaban J connectivity index is 1.95.